The van der Waals surface area contributed by atoms with E-state index in [9.17, 15) is 9.59 Å². The summed E-state index contributed by atoms with van der Waals surface area (Å²) in [5, 5.41) is 0.542. The van der Waals surface area contributed by atoms with Crippen LogP contribution in [0.3, 0.4) is 0 Å². The van der Waals surface area contributed by atoms with E-state index in [-0.39, 0.29) is 18.3 Å². The molecule has 0 unspecified atom stereocenters. The number of carbonyl (C=O) groups is 1. The summed E-state index contributed by atoms with van der Waals surface area (Å²) in [6.07, 6.45) is 1.67. The van der Waals surface area contributed by atoms with Gasteiger partial charge in [0.25, 0.3) is 11.5 Å². The molecule has 1 fully saturated rings. The number of aromatic nitrogens is 2. The fraction of sp³-hybridized carbons (Fsp3) is 0.240. The van der Waals surface area contributed by atoms with E-state index in [0.29, 0.717) is 35.2 Å². The molecular formula is C25H23N4O4+. The summed E-state index contributed by atoms with van der Waals surface area (Å²) in [7, 11) is 0. The Bertz CT molecular complexity index is 1440. The normalized spacial score (nSPS) is 15.9. The van der Waals surface area contributed by atoms with E-state index in [0.717, 1.165) is 31.1 Å². The summed E-state index contributed by atoms with van der Waals surface area (Å²) in [6.45, 7) is 4.14. The second-order valence-electron chi connectivity index (χ2n) is 8.46. The third kappa shape index (κ3) is 3.48. The fourth-order valence-corrected chi connectivity index (χ4v) is 4.65. The third-order valence-corrected chi connectivity index (χ3v) is 6.43. The average molecular weight is 443 g/mol. The molecule has 2 aromatic carbocycles. The molecule has 0 aliphatic carbocycles. The molecule has 8 nitrogen and oxygen atoms in total. The first-order chi connectivity index (χ1) is 16.2. The number of benzene rings is 2. The number of hydrogen-bond donors (Lipinski definition) is 1. The predicted molar refractivity (Wildman–Crippen MR) is 122 cm³/mol. The minimum absolute atomic E-state index is 0.0857. The largest absolute Gasteiger partial charge is 0.454 e. The maximum absolute atomic E-state index is 13.4. The highest BCUT2D eigenvalue weighted by molar-refractivity contribution is 6.00. The summed E-state index contributed by atoms with van der Waals surface area (Å²) in [5.74, 6) is 1.50. The lowest BCUT2D eigenvalue weighted by molar-refractivity contribution is -0.917. The second-order valence-corrected chi connectivity index (χ2v) is 8.46. The van der Waals surface area contributed by atoms with Gasteiger partial charge in [-0.15, -0.1) is 0 Å². The van der Waals surface area contributed by atoms with Gasteiger partial charge in [0, 0.05) is 11.8 Å². The van der Waals surface area contributed by atoms with Crippen molar-refractivity contribution in [3.8, 4) is 11.5 Å². The minimum Gasteiger partial charge on any atom is -0.454 e. The van der Waals surface area contributed by atoms with E-state index in [1.165, 1.54) is 14.9 Å². The van der Waals surface area contributed by atoms with Crippen LogP contribution in [0.4, 0.5) is 0 Å². The minimum atomic E-state index is -0.164. The topological polar surface area (TPSA) is 77.6 Å². The van der Waals surface area contributed by atoms with E-state index in [1.807, 2.05) is 29.2 Å². The number of ether oxygens (including phenoxy) is 2. The highest BCUT2D eigenvalue weighted by Gasteiger charge is 2.27. The molecule has 1 saturated heterocycles. The standard InChI is InChI=1S/C25H22N4O4/c30-24(19-5-3-9-29-23(19)26-20-6-2-1-4-18(20)25(29)31)28-12-10-27(11-13-28)15-17-7-8-21-22(14-17)33-16-32-21/h1-9,14H,10-13,15-16H2/p+1. The second kappa shape index (κ2) is 7.90. The number of nitrogens with zero attached hydrogens (tertiary/aromatic N) is 3. The third-order valence-electron chi connectivity index (χ3n) is 6.43. The van der Waals surface area contributed by atoms with Crippen molar-refractivity contribution < 1.29 is 19.2 Å². The Morgan fingerprint density at radius 3 is 2.70 bits per heavy atom. The molecule has 0 saturated carbocycles. The fourth-order valence-electron chi connectivity index (χ4n) is 4.65. The van der Waals surface area contributed by atoms with Gasteiger partial charge in [0.05, 0.1) is 42.6 Å². The van der Waals surface area contributed by atoms with Crippen molar-refractivity contribution in [1.82, 2.24) is 14.3 Å². The molecule has 33 heavy (non-hydrogen) atoms. The molecule has 0 bridgehead atoms. The molecule has 8 heteroatoms. The molecule has 1 N–H and O–H groups in total. The van der Waals surface area contributed by atoms with Crippen molar-refractivity contribution in [2.24, 2.45) is 0 Å². The number of quaternary nitrogens is 1. The van der Waals surface area contributed by atoms with Crippen LogP contribution < -0.4 is 19.9 Å². The van der Waals surface area contributed by atoms with Gasteiger partial charge in [-0.05, 0) is 42.5 Å². The van der Waals surface area contributed by atoms with E-state index >= 15 is 0 Å². The van der Waals surface area contributed by atoms with E-state index in [1.54, 1.807) is 30.5 Å². The van der Waals surface area contributed by atoms with Crippen LogP contribution in [0.15, 0.2) is 65.6 Å². The monoisotopic (exact) mass is 443 g/mol. The highest BCUT2D eigenvalue weighted by Crippen LogP contribution is 2.32. The van der Waals surface area contributed by atoms with Crippen molar-refractivity contribution in [3.63, 3.8) is 0 Å². The molecule has 6 rings (SSSR count). The number of nitrogens with one attached hydrogen (secondary N) is 1. The van der Waals surface area contributed by atoms with E-state index < -0.39 is 0 Å². The summed E-state index contributed by atoms with van der Waals surface area (Å²) in [6, 6.07) is 16.8. The maximum atomic E-state index is 13.4. The summed E-state index contributed by atoms with van der Waals surface area (Å²) < 4.78 is 12.3. The zero-order valence-corrected chi connectivity index (χ0v) is 18.0. The highest BCUT2D eigenvalue weighted by atomic mass is 16.7. The van der Waals surface area contributed by atoms with E-state index in [2.05, 4.69) is 11.1 Å². The van der Waals surface area contributed by atoms with E-state index in [4.69, 9.17) is 9.47 Å². The van der Waals surface area contributed by atoms with Crippen LogP contribution in [-0.2, 0) is 6.54 Å². The smallest absolute Gasteiger partial charge is 0.265 e. The predicted octanol–water partition coefficient (Wildman–Crippen LogP) is 1.12. The lowest BCUT2D eigenvalue weighted by Crippen LogP contribution is -3.13. The first kappa shape index (κ1) is 19.8. The Hall–Kier alpha value is -3.91. The van der Waals surface area contributed by atoms with Crippen LogP contribution in [0.1, 0.15) is 15.9 Å². The lowest BCUT2D eigenvalue weighted by atomic mass is 10.1. The molecule has 1 amide bonds. The number of carbonyl (C=O) groups excluding carboxylic acids is 1. The Morgan fingerprint density at radius 2 is 1.82 bits per heavy atom. The van der Waals surface area contributed by atoms with Gasteiger partial charge in [-0.1, -0.05) is 12.1 Å². The molecule has 0 radical (unpaired) electrons. The van der Waals surface area contributed by atoms with Crippen molar-refractivity contribution in [2.75, 3.05) is 33.0 Å². The maximum Gasteiger partial charge on any atom is 0.265 e. The lowest BCUT2D eigenvalue weighted by Gasteiger charge is -2.32. The van der Waals surface area contributed by atoms with Crippen LogP contribution in [0.2, 0.25) is 0 Å². The van der Waals surface area contributed by atoms with Crippen LogP contribution in [0.5, 0.6) is 11.5 Å². The summed E-state index contributed by atoms with van der Waals surface area (Å²) >= 11 is 0. The Morgan fingerprint density at radius 1 is 1.00 bits per heavy atom. The SMILES string of the molecule is O=C(c1cccn2c(=O)c3ccccc3nc12)N1CC[NH+](Cc2ccc3c(c2)OCO3)CC1. The Labute approximate surface area is 189 Å². The first-order valence-corrected chi connectivity index (χ1v) is 11.1. The van der Waals surface area contributed by atoms with Crippen LogP contribution in [0, 0.1) is 0 Å². The Kier molecular flexibility index (Phi) is 4.73. The Balaban J connectivity index is 1.21. The van der Waals surface area contributed by atoms with Crippen LogP contribution in [0.25, 0.3) is 16.6 Å². The van der Waals surface area contributed by atoms with Gasteiger partial charge >= 0.3 is 0 Å². The molecule has 4 aromatic rings. The molecule has 2 aromatic heterocycles. The molecule has 0 spiro atoms. The van der Waals surface area contributed by atoms with Gasteiger partial charge in [-0.3, -0.25) is 14.0 Å². The van der Waals surface area contributed by atoms with Gasteiger partial charge in [0.1, 0.15) is 6.54 Å². The number of fused-ring (bicyclic) bond motifs is 3. The molecule has 2 aliphatic heterocycles. The van der Waals surface area contributed by atoms with Crippen molar-refractivity contribution in [3.05, 3.63) is 82.3 Å². The van der Waals surface area contributed by atoms with Gasteiger partial charge in [0.2, 0.25) is 6.79 Å². The number of piperazine rings is 1. The molecule has 166 valence electrons. The molecular weight excluding hydrogens is 420 g/mol. The number of rotatable bonds is 3. The summed E-state index contributed by atoms with van der Waals surface area (Å²) in [4.78, 5) is 34.2. The number of pyridine rings is 1. The molecule has 2 aliphatic rings. The number of para-hydroxylation sites is 1. The molecule has 4 heterocycles. The first-order valence-electron chi connectivity index (χ1n) is 11.1. The van der Waals surface area contributed by atoms with Crippen molar-refractivity contribution >= 4 is 22.5 Å². The summed E-state index contributed by atoms with van der Waals surface area (Å²) in [5.41, 5.74) is 2.49. The van der Waals surface area contributed by atoms with Gasteiger partial charge in [-0.25, -0.2) is 4.98 Å². The van der Waals surface area contributed by atoms with Gasteiger partial charge < -0.3 is 19.3 Å². The number of hydrogen-bond acceptors (Lipinski definition) is 5. The van der Waals surface area contributed by atoms with Crippen molar-refractivity contribution in [2.45, 2.75) is 6.54 Å². The zero-order valence-electron chi connectivity index (χ0n) is 18.0. The van der Waals surface area contributed by atoms with Crippen molar-refractivity contribution in [1.29, 1.82) is 0 Å². The quantitative estimate of drug-likeness (QED) is 0.480. The van der Waals surface area contributed by atoms with Gasteiger partial charge in [-0.2, -0.15) is 0 Å². The average Bonchev–Trinajstić information content (AvgIpc) is 3.32. The molecule has 0 atom stereocenters. The van der Waals surface area contributed by atoms with Crippen LogP contribution in [-0.4, -0.2) is 53.2 Å². The van der Waals surface area contributed by atoms with Gasteiger partial charge in [0.15, 0.2) is 17.1 Å². The van der Waals surface area contributed by atoms with Crippen LogP contribution >= 0.6 is 0 Å². The number of amides is 1. The zero-order chi connectivity index (χ0) is 22.4.